The first-order valence-electron chi connectivity index (χ1n) is 4.21. The number of benzene rings is 1. The maximum Gasteiger partial charge on any atom is 0.426 e. The lowest BCUT2D eigenvalue weighted by atomic mass is 10.1. The van der Waals surface area contributed by atoms with Gasteiger partial charge in [-0.1, -0.05) is 30.3 Å². The molecule has 0 atom stereocenters. The van der Waals surface area contributed by atoms with Gasteiger partial charge in [-0.3, -0.25) is 0 Å². The van der Waals surface area contributed by atoms with Crippen molar-refractivity contribution in [1.29, 1.82) is 0 Å². The normalized spacial score (nSPS) is 9.54. The molecule has 13 heavy (non-hydrogen) atoms. The van der Waals surface area contributed by atoms with Gasteiger partial charge in [0.25, 0.3) is 0 Å². The van der Waals surface area contributed by atoms with Gasteiger partial charge in [0, 0.05) is 0 Å². The van der Waals surface area contributed by atoms with E-state index in [0.29, 0.717) is 6.61 Å². The topological polar surface area (TPSA) is 50.1 Å². The third-order valence-electron chi connectivity index (χ3n) is 1.69. The van der Waals surface area contributed by atoms with Crippen molar-refractivity contribution in [3.05, 3.63) is 35.9 Å². The predicted octanol–water partition coefficient (Wildman–Crippen LogP) is 2.04. The number of hydrogen-bond acceptors (Lipinski definition) is 2. The molecule has 0 aliphatic rings. The van der Waals surface area contributed by atoms with Crippen LogP contribution in [0.3, 0.4) is 0 Å². The van der Waals surface area contributed by atoms with Gasteiger partial charge in [-0.15, -0.1) is 0 Å². The summed E-state index contributed by atoms with van der Waals surface area (Å²) in [5.74, 6) is 0. The van der Waals surface area contributed by atoms with E-state index in [9.17, 15) is 4.79 Å². The number of carbonyl (C=O) groups is 1. The van der Waals surface area contributed by atoms with Gasteiger partial charge < -0.3 is 4.74 Å². The van der Waals surface area contributed by atoms with Gasteiger partial charge in [-0.25, -0.2) is 10.5 Å². The number of carbonyl (C=O) groups excluding carboxylic acids is 1. The van der Waals surface area contributed by atoms with Crippen molar-refractivity contribution in [3.63, 3.8) is 0 Å². The average molecular weight is 178 g/mol. The maximum atomic E-state index is 10.1. The molecule has 1 radical (unpaired) electrons. The molecule has 0 aliphatic carbocycles. The van der Waals surface area contributed by atoms with Crippen molar-refractivity contribution < 1.29 is 9.53 Å². The van der Waals surface area contributed by atoms with E-state index in [1.54, 1.807) is 0 Å². The minimum atomic E-state index is -0.951. The Hall–Kier alpha value is -1.51. The van der Waals surface area contributed by atoms with Gasteiger partial charge in [0.05, 0.1) is 6.61 Å². The molecule has 1 rings (SSSR count). The van der Waals surface area contributed by atoms with E-state index < -0.39 is 6.09 Å². The monoisotopic (exact) mass is 178 g/mol. The molecular formula is C10H12NO2. The van der Waals surface area contributed by atoms with Gasteiger partial charge in [-0.05, 0) is 18.4 Å². The Kier molecular flexibility index (Phi) is 3.82. The van der Waals surface area contributed by atoms with Crippen LogP contribution in [0.1, 0.15) is 12.0 Å². The summed E-state index contributed by atoms with van der Waals surface area (Å²) in [4.78, 5) is 10.1. The van der Waals surface area contributed by atoms with E-state index in [1.807, 2.05) is 30.3 Å². The summed E-state index contributed by atoms with van der Waals surface area (Å²) in [6, 6.07) is 9.98. The molecule has 1 aromatic carbocycles. The summed E-state index contributed by atoms with van der Waals surface area (Å²) in [5.41, 5.74) is 7.73. The molecule has 1 N–H and O–H groups in total. The van der Waals surface area contributed by atoms with Crippen LogP contribution in [0.5, 0.6) is 0 Å². The zero-order valence-electron chi connectivity index (χ0n) is 7.32. The lowest BCUT2D eigenvalue weighted by Gasteiger charge is -2.00. The standard InChI is InChI=1S/C10H12NO2/c11-10(12)13-8-4-7-9-5-2-1-3-6-9/h1-3,5-6,11H,4,7-8H2. The number of amides is 1. The van der Waals surface area contributed by atoms with Crippen LogP contribution in [0.15, 0.2) is 30.3 Å². The van der Waals surface area contributed by atoms with Crippen molar-refractivity contribution in [3.8, 4) is 0 Å². The second-order valence-electron chi connectivity index (χ2n) is 2.73. The molecule has 69 valence electrons. The van der Waals surface area contributed by atoms with Gasteiger partial charge in [0.2, 0.25) is 0 Å². The van der Waals surface area contributed by atoms with Crippen molar-refractivity contribution in [2.75, 3.05) is 6.61 Å². The Labute approximate surface area is 77.5 Å². The predicted molar refractivity (Wildman–Crippen MR) is 49.2 cm³/mol. The lowest BCUT2D eigenvalue weighted by molar-refractivity contribution is 0.153. The minimum Gasteiger partial charge on any atom is -0.448 e. The SMILES string of the molecule is [NH]C(=O)OCCCc1ccccc1. The first-order valence-corrected chi connectivity index (χ1v) is 4.21. The van der Waals surface area contributed by atoms with E-state index in [-0.39, 0.29) is 0 Å². The largest absolute Gasteiger partial charge is 0.448 e. The first kappa shape index (κ1) is 9.58. The third-order valence-corrected chi connectivity index (χ3v) is 1.69. The van der Waals surface area contributed by atoms with Crippen LogP contribution >= 0.6 is 0 Å². The van der Waals surface area contributed by atoms with Gasteiger partial charge >= 0.3 is 6.09 Å². The second kappa shape index (κ2) is 5.19. The zero-order chi connectivity index (χ0) is 9.52. The van der Waals surface area contributed by atoms with Gasteiger partial charge in [-0.2, -0.15) is 0 Å². The molecule has 0 heterocycles. The lowest BCUT2D eigenvalue weighted by Crippen LogP contribution is -2.04. The summed E-state index contributed by atoms with van der Waals surface area (Å²) in [5, 5.41) is 0. The Bertz CT molecular complexity index is 259. The Balaban J connectivity index is 2.17. The van der Waals surface area contributed by atoms with E-state index in [4.69, 9.17) is 5.73 Å². The minimum absolute atomic E-state index is 0.331. The van der Waals surface area contributed by atoms with E-state index in [2.05, 4.69) is 4.74 Å². The van der Waals surface area contributed by atoms with Gasteiger partial charge in [0.15, 0.2) is 0 Å². The highest BCUT2D eigenvalue weighted by molar-refractivity contribution is 5.63. The molecule has 3 nitrogen and oxygen atoms in total. The van der Waals surface area contributed by atoms with Crippen LogP contribution in [-0.2, 0) is 11.2 Å². The molecule has 0 unspecified atom stereocenters. The number of hydrogen-bond donors (Lipinski definition) is 0. The molecule has 1 amide bonds. The van der Waals surface area contributed by atoms with E-state index in [0.717, 1.165) is 12.8 Å². The quantitative estimate of drug-likeness (QED) is 0.662. The molecule has 0 spiro atoms. The first-order chi connectivity index (χ1) is 6.29. The summed E-state index contributed by atoms with van der Waals surface area (Å²) in [6.45, 7) is 0.331. The second-order valence-corrected chi connectivity index (χ2v) is 2.73. The number of aryl methyl sites for hydroxylation is 1. The van der Waals surface area contributed by atoms with E-state index >= 15 is 0 Å². The fraction of sp³-hybridized carbons (Fsp3) is 0.300. The molecule has 0 bridgehead atoms. The highest BCUT2D eigenvalue weighted by Crippen LogP contribution is 2.02. The molecule has 0 saturated heterocycles. The number of nitrogens with one attached hydrogen (secondary N) is 1. The summed E-state index contributed by atoms with van der Waals surface area (Å²) in [6.07, 6.45) is 0.705. The molecular weight excluding hydrogens is 166 g/mol. The van der Waals surface area contributed by atoms with Crippen LogP contribution < -0.4 is 5.73 Å². The zero-order valence-corrected chi connectivity index (χ0v) is 7.32. The van der Waals surface area contributed by atoms with Crippen LogP contribution in [0.4, 0.5) is 4.79 Å². The molecule has 0 fully saturated rings. The fourth-order valence-corrected chi connectivity index (χ4v) is 1.09. The average Bonchev–Trinajstić information content (AvgIpc) is 2.14. The van der Waals surface area contributed by atoms with Crippen molar-refractivity contribution in [2.45, 2.75) is 12.8 Å². The summed E-state index contributed by atoms with van der Waals surface area (Å²) >= 11 is 0. The highest BCUT2D eigenvalue weighted by Gasteiger charge is 1.95. The van der Waals surface area contributed by atoms with Crippen LogP contribution in [0.2, 0.25) is 0 Å². The number of ether oxygens (including phenoxy) is 1. The summed E-state index contributed by atoms with van der Waals surface area (Å²) in [7, 11) is 0. The molecule has 0 aliphatic heterocycles. The molecule has 0 aromatic heterocycles. The van der Waals surface area contributed by atoms with Crippen LogP contribution in [0, 0.1) is 0 Å². The molecule has 3 heteroatoms. The fourth-order valence-electron chi connectivity index (χ4n) is 1.09. The van der Waals surface area contributed by atoms with Crippen LogP contribution in [-0.4, -0.2) is 12.7 Å². The highest BCUT2D eigenvalue weighted by atomic mass is 16.5. The van der Waals surface area contributed by atoms with Crippen molar-refractivity contribution in [1.82, 2.24) is 5.73 Å². The Morgan fingerprint density at radius 1 is 1.31 bits per heavy atom. The molecule has 0 saturated carbocycles. The Morgan fingerprint density at radius 2 is 2.00 bits per heavy atom. The molecule has 1 aromatic rings. The van der Waals surface area contributed by atoms with Crippen LogP contribution in [0.25, 0.3) is 0 Å². The summed E-state index contributed by atoms with van der Waals surface area (Å²) < 4.78 is 4.49. The maximum absolute atomic E-state index is 10.1. The third kappa shape index (κ3) is 4.15. The van der Waals surface area contributed by atoms with Gasteiger partial charge in [0.1, 0.15) is 0 Å². The van der Waals surface area contributed by atoms with E-state index in [1.165, 1.54) is 5.56 Å². The smallest absolute Gasteiger partial charge is 0.426 e. The Morgan fingerprint density at radius 3 is 2.62 bits per heavy atom. The van der Waals surface area contributed by atoms with Crippen molar-refractivity contribution >= 4 is 6.09 Å². The number of rotatable bonds is 4. The van der Waals surface area contributed by atoms with Crippen molar-refractivity contribution in [2.24, 2.45) is 0 Å².